The molecule has 0 spiro atoms. The van der Waals surface area contributed by atoms with E-state index in [-0.39, 0.29) is 22.7 Å². The highest BCUT2D eigenvalue weighted by Gasteiger charge is 2.23. The maximum absolute atomic E-state index is 12.0. The number of ether oxygens (including phenoxy) is 2. The van der Waals surface area contributed by atoms with E-state index in [0.717, 1.165) is 25.7 Å². The number of rotatable bonds is 11. The summed E-state index contributed by atoms with van der Waals surface area (Å²) in [6.45, 7) is 6.95. The summed E-state index contributed by atoms with van der Waals surface area (Å²) in [6.07, 6.45) is 4.11. The number of methoxy groups -OCH3 is 1. The number of unbranched alkanes of at least 4 members (excludes halogenated alkanes) is 2. The monoisotopic (exact) mass is 352 g/mol. The zero-order valence-electron chi connectivity index (χ0n) is 15.5. The summed E-state index contributed by atoms with van der Waals surface area (Å²) in [5.41, 5.74) is -0.107. The molecule has 0 saturated heterocycles. The van der Waals surface area contributed by atoms with Gasteiger partial charge in [-0.3, -0.25) is 14.9 Å². The fourth-order valence-corrected chi connectivity index (χ4v) is 2.42. The van der Waals surface area contributed by atoms with Gasteiger partial charge in [0.05, 0.1) is 24.2 Å². The molecule has 0 atom stereocenters. The molecule has 0 bridgehead atoms. The van der Waals surface area contributed by atoms with Crippen LogP contribution in [0.5, 0.6) is 11.5 Å². The van der Waals surface area contributed by atoms with Crippen LogP contribution in [0.15, 0.2) is 12.1 Å². The van der Waals surface area contributed by atoms with E-state index in [1.54, 1.807) is 6.92 Å². The van der Waals surface area contributed by atoms with E-state index in [1.165, 1.54) is 19.2 Å². The maximum Gasteiger partial charge on any atom is 0.312 e. The summed E-state index contributed by atoms with van der Waals surface area (Å²) in [4.78, 5) is 22.8. The zero-order chi connectivity index (χ0) is 18.8. The summed E-state index contributed by atoms with van der Waals surface area (Å²) < 4.78 is 10.8. The molecule has 0 radical (unpaired) electrons. The largest absolute Gasteiger partial charge is 0.496 e. The predicted octanol–water partition coefficient (Wildman–Crippen LogP) is 3.95. The smallest absolute Gasteiger partial charge is 0.312 e. The van der Waals surface area contributed by atoms with Crippen LogP contribution in [0.25, 0.3) is 0 Å². The molecule has 0 aliphatic carbocycles. The minimum atomic E-state index is -0.545. The SMILES string of the molecule is CCNC(=O)c1cc([N+](=O)[O-])c(OCCCCCC(C)C)cc1OC. The fourth-order valence-electron chi connectivity index (χ4n) is 2.42. The van der Waals surface area contributed by atoms with Gasteiger partial charge in [-0.15, -0.1) is 0 Å². The Balaban J connectivity index is 2.84. The number of hydrogen-bond acceptors (Lipinski definition) is 5. The average molecular weight is 352 g/mol. The standard InChI is InChI=1S/C18H28N2O5/c1-5-19-18(21)14-11-15(20(22)23)17(12-16(14)24-4)25-10-8-6-7-9-13(2)3/h11-13H,5-10H2,1-4H3,(H,19,21). The molecule has 0 saturated carbocycles. The van der Waals surface area contributed by atoms with E-state index in [2.05, 4.69) is 19.2 Å². The Labute approximate surface area is 148 Å². The molecule has 0 aromatic heterocycles. The molecule has 1 rings (SSSR count). The highest BCUT2D eigenvalue weighted by molar-refractivity contribution is 5.98. The Hall–Kier alpha value is -2.31. The lowest BCUT2D eigenvalue weighted by Crippen LogP contribution is -2.23. The Morgan fingerprint density at radius 3 is 2.52 bits per heavy atom. The van der Waals surface area contributed by atoms with Gasteiger partial charge in [0.2, 0.25) is 5.75 Å². The number of nitro groups is 1. The molecule has 0 aliphatic heterocycles. The third-order valence-electron chi connectivity index (χ3n) is 3.74. The first kappa shape index (κ1) is 20.7. The lowest BCUT2D eigenvalue weighted by Gasteiger charge is -2.12. The van der Waals surface area contributed by atoms with E-state index in [1.807, 2.05) is 0 Å². The number of benzene rings is 1. The number of nitrogens with one attached hydrogen (secondary N) is 1. The molecule has 1 aromatic rings. The molecule has 1 N–H and O–H groups in total. The zero-order valence-corrected chi connectivity index (χ0v) is 15.5. The molecule has 0 heterocycles. The molecular formula is C18H28N2O5. The van der Waals surface area contributed by atoms with Crippen molar-refractivity contribution in [1.29, 1.82) is 0 Å². The molecule has 1 aromatic carbocycles. The van der Waals surface area contributed by atoms with Crippen molar-refractivity contribution in [3.8, 4) is 11.5 Å². The molecule has 7 nitrogen and oxygen atoms in total. The minimum absolute atomic E-state index is 0.124. The average Bonchev–Trinajstić information content (AvgIpc) is 2.56. The van der Waals surface area contributed by atoms with Crippen LogP contribution in [-0.2, 0) is 0 Å². The van der Waals surface area contributed by atoms with Crippen LogP contribution >= 0.6 is 0 Å². The van der Waals surface area contributed by atoms with Gasteiger partial charge in [-0.25, -0.2) is 0 Å². The van der Waals surface area contributed by atoms with Gasteiger partial charge >= 0.3 is 5.69 Å². The quantitative estimate of drug-likeness (QED) is 0.370. The van der Waals surface area contributed by atoms with Crippen LogP contribution in [0, 0.1) is 16.0 Å². The van der Waals surface area contributed by atoms with Gasteiger partial charge in [-0.2, -0.15) is 0 Å². The normalized spacial score (nSPS) is 10.6. The Kier molecular flexibility index (Phi) is 8.74. The number of carbonyl (C=O) groups excluding carboxylic acids is 1. The second kappa shape index (κ2) is 10.5. The molecule has 0 aliphatic rings. The number of amides is 1. The van der Waals surface area contributed by atoms with Crippen molar-refractivity contribution in [3.05, 3.63) is 27.8 Å². The minimum Gasteiger partial charge on any atom is -0.496 e. The van der Waals surface area contributed by atoms with Crippen molar-refractivity contribution < 1.29 is 19.2 Å². The van der Waals surface area contributed by atoms with Crippen molar-refractivity contribution in [1.82, 2.24) is 5.32 Å². The summed E-state index contributed by atoms with van der Waals surface area (Å²) in [6, 6.07) is 2.62. The first-order valence-corrected chi connectivity index (χ1v) is 8.68. The summed E-state index contributed by atoms with van der Waals surface area (Å²) in [5.74, 6) is 0.640. The topological polar surface area (TPSA) is 90.7 Å². The van der Waals surface area contributed by atoms with E-state index < -0.39 is 10.8 Å². The van der Waals surface area contributed by atoms with Crippen LogP contribution in [0.3, 0.4) is 0 Å². The lowest BCUT2D eigenvalue weighted by molar-refractivity contribution is -0.385. The Bertz CT molecular complexity index is 587. The molecule has 7 heteroatoms. The second-order valence-corrected chi connectivity index (χ2v) is 6.23. The summed E-state index contributed by atoms with van der Waals surface area (Å²) >= 11 is 0. The number of nitro benzene ring substituents is 1. The molecule has 1 amide bonds. The van der Waals surface area contributed by atoms with Gasteiger partial charge in [0.25, 0.3) is 5.91 Å². The van der Waals surface area contributed by atoms with Crippen molar-refractivity contribution in [2.75, 3.05) is 20.3 Å². The first-order valence-electron chi connectivity index (χ1n) is 8.68. The Morgan fingerprint density at radius 2 is 1.96 bits per heavy atom. The van der Waals surface area contributed by atoms with Gasteiger partial charge in [0.1, 0.15) is 5.75 Å². The van der Waals surface area contributed by atoms with Gasteiger partial charge in [-0.1, -0.05) is 33.1 Å². The third-order valence-corrected chi connectivity index (χ3v) is 3.74. The number of carbonyl (C=O) groups is 1. The van der Waals surface area contributed by atoms with Crippen LogP contribution in [0.4, 0.5) is 5.69 Å². The third kappa shape index (κ3) is 6.60. The van der Waals surface area contributed by atoms with E-state index in [0.29, 0.717) is 19.1 Å². The first-order chi connectivity index (χ1) is 11.9. The van der Waals surface area contributed by atoms with Crippen LogP contribution in [0.1, 0.15) is 56.8 Å². The summed E-state index contributed by atoms with van der Waals surface area (Å²) in [7, 11) is 1.42. The molecule has 25 heavy (non-hydrogen) atoms. The van der Waals surface area contributed by atoms with Crippen molar-refractivity contribution in [2.24, 2.45) is 5.92 Å². The van der Waals surface area contributed by atoms with Crippen LogP contribution in [0.2, 0.25) is 0 Å². The van der Waals surface area contributed by atoms with Crippen molar-refractivity contribution >= 4 is 11.6 Å². The Morgan fingerprint density at radius 1 is 1.24 bits per heavy atom. The maximum atomic E-state index is 12.0. The highest BCUT2D eigenvalue weighted by atomic mass is 16.6. The molecule has 0 unspecified atom stereocenters. The predicted molar refractivity (Wildman–Crippen MR) is 96.5 cm³/mol. The van der Waals surface area contributed by atoms with Crippen molar-refractivity contribution in [3.63, 3.8) is 0 Å². The fraction of sp³-hybridized carbons (Fsp3) is 0.611. The molecule has 0 fully saturated rings. The van der Waals surface area contributed by atoms with E-state index in [9.17, 15) is 14.9 Å². The lowest BCUT2D eigenvalue weighted by atomic mass is 10.1. The van der Waals surface area contributed by atoms with Gasteiger partial charge in [0, 0.05) is 18.7 Å². The number of nitrogens with zero attached hydrogens (tertiary/aromatic N) is 1. The highest BCUT2D eigenvalue weighted by Crippen LogP contribution is 2.34. The second-order valence-electron chi connectivity index (χ2n) is 6.23. The van der Waals surface area contributed by atoms with Gasteiger partial charge in [-0.05, 0) is 19.3 Å². The molecule has 140 valence electrons. The van der Waals surface area contributed by atoms with Crippen LogP contribution < -0.4 is 14.8 Å². The van der Waals surface area contributed by atoms with Crippen molar-refractivity contribution in [2.45, 2.75) is 46.5 Å². The molecular weight excluding hydrogens is 324 g/mol. The van der Waals surface area contributed by atoms with E-state index >= 15 is 0 Å². The van der Waals surface area contributed by atoms with Gasteiger partial charge in [0.15, 0.2) is 0 Å². The van der Waals surface area contributed by atoms with Crippen LogP contribution in [-0.4, -0.2) is 31.1 Å². The van der Waals surface area contributed by atoms with Gasteiger partial charge < -0.3 is 14.8 Å². The summed E-state index contributed by atoms with van der Waals surface area (Å²) in [5, 5.41) is 13.9. The number of hydrogen-bond donors (Lipinski definition) is 1. The van der Waals surface area contributed by atoms with E-state index in [4.69, 9.17) is 9.47 Å².